The number of aromatic nitrogens is 5. The molecule has 3 rings (SSSR count). The number of rotatable bonds is 4. The third-order valence-corrected chi connectivity index (χ3v) is 3.21. The Morgan fingerprint density at radius 2 is 1.95 bits per heavy atom. The number of halogens is 1. The van der Waals surface area contributed by atoms with Crippen molar-refractivity contribution < 1.29 is 4.74 Å². The van der Waals surface area contributed by atoms with Crippen molar-refractivity contribution in [2.75, 3.05) is 0 Å². The molecule has 0 saturated carbocycles. The minimum Gasteiger partial charge on any atom is -0.404 e. The van der Waals surface area contributed by atoms with E-state index in [1.54, 1.807) is 11.0 Å². The zero-order chi connectivity index (χ0) is 14.7. The van der Waals surface area contributed by atoms with E-state index in [1.807, 2.05) is 37.3 Å². The van der Waals surface area contributed by atoms with Crippen molar-refractivity contribution in [3.8, 4) is 17.6 Å². The molecule has 0 aliphatic rings. The number of para-hydroxylation sites is 1. The highest BCUT2D eigenvalue weighted by Crippen LogP contribution is 2.25. The van der Waals surface area contributed by atoms with Gasteiger partial charge in [-0.25, -0.2) is 14.6 Å². The summed E-state index contributed by atoms with van der Waals surface area (Å²) in [5, 5.41) is 4.64. The Balaban J connectivity index is 1.87. The van der Waals surface area contributed by atoms with Crippen LogP contribution in [0.2, 0.25) is 5.15 Å². The second kappa shape index (κ2) is 5.88. The van der Waals surface area contributed by atoms with Gasteiger partial charge in [0.05, 0.1) is 11.3 Å². The highest BCUT2D eigenvalue weighted by molar-refractivity contribution is 6.30. The van der Waals surface area contributed by atoms with Crippen molar-refractivity contribution in [2.45, 2.75) is 13.3 Å². The van der Waals surface area contributed by atoms with Gasteiger partial charge in [0, 0.05) is 0 Å². The summed E-state index contributed by atoms with van der Waals surface area (Å²) in [6.45, 7) is 1.95. The average molecular weight is 302 g/mol. The monoisotopic (exact) mass is 301 g/mol. The van der Waals surface area contributed by atoms with Gasteiger partial charge >= 0.3 is 6.01 Å². The van der Waals surface area contributed by atoms with E-state index < -0.39 is 0 Å². The molecule has 0 bridgehead atoms. The molecule has 3 aromatic rings. The second-order valence-electron chi connectivity index (χ2n) is 4.21. The first kappa shape index (κ1) is 13.5. The molecule has 0 amide bonds. The fourth-order valence-corrected chi connectivity index (χ4v) is 2.11. The summed E-state index contributed by atoms with van der Waals surface area (Å²) in [5.74, 6) is 0.378. The Labute approximate surface area is 126 Å². The van der Waals surface area contributed by atoms with Crippen LogP contribution in [0, 0.1) is 0 Å². The zero-order valence-corrected chi connectivity index (χ0v) is 12.0. The molecule has 0 radical (unpaired) electrons. The van der Waals surface area contributed by atoms with Gasteiger partial charge in [0.15, 0.2) is 0 Å². The van der Waals surface area contributed by atoms with Crippen LogP contribution < -0.4 is 4.74 Å². The van der Waals surface area contributed by atoms with Gasteiger partial charge in [-0.3, -0.25) is 0 Å². The summed E-state index contributed by atoms with van der Waals surface area (Å²) >= 11 is 6.02. The topological polar surface area (TPSA) is 65.7 Å². The maximum absolute atomic E-state index is 6.02. The van der Waals surface area contributed by atoms with Crippen molar-refractivity contribution in [3.63, 3.8) is 0 Å². The molecule has 0 aliphatic carbocycles. The second-order valence-corrected chi connectivity index (χ2v) is 4.57. The largest absolute Gasteiger partial charge is 0.404 e. The molecule has 6 nitrogen and oxygen atoms in total. The van der Waals surface area contributed by atoms with Gasteiger partial charge in [0.2, 0.25) is 5.88 Å². The number of nitrogens with zero attached hydrogens (tertiary/aromatic N) is 5. The molecule has 0 fully saturated rings. The maximum atomic E-state index is 6.02. The molecule has 0 atom stereocenters. The van der Waals surface area contributed by atoms with Crippen molar-refractivity contribution in [3.05, 3.63) is 53.7 Å². The fourth-order valence-electron chi connectivity index (χ4n) is 1.85. The van der Waals surface area contributed by atoms with Crippen LogP contribution >= 0.6 is 11.6 Å². The van der Waals surface area contributed by atoms with Gasteiger partial charge in [-0.05, 0) is 18.6 Å². The molecule has 0 aliphatic heterocycles. The molecule has 1 aromatic carbocycles. The van der Waals surface area contributed by atoms with Crippen LogP contribution in [-0.4, -0.2) is 24.7 Å². The van der Waals surface area contributed by atoms with E-state index in [9.17, 15) is 0 Å². The van der Waals surface area contributed by atoms with E-state index in [4.69, 9.17) is 16.3 Å². The van der Waals surface area contributed by atoms with E-state index in [0.717, 1.165) is 11.3 Å². The highest BCUT2D eigenvalue weighted by atomic mass is 35.5. The lowest BCUT2D eigenvalue weighted by Crippen LogP contribution is -1.99. The van der Waals surface area contributed by atoms with Gasteiger partial charge in [0.1, 0.15) is 17.8 Å². The van der Waals surface area contributed by atoms with Crippen LogP contribution in [0.3, 0.4) is 0 Å². The fraction of sp³-hybridized carbons (Fsp3) is 0.143. The molecule has 0 N–H and O–H groups in total. The minimum atomic E-state index is 0.211. The third-order valence-electron chi connectivity index (χ3n) is 2.89. The molecule has 2 aromatic heterocycles. The van der Waals surface area contributed by atoms with Gasteiger partial charge in [0.25, 0.3) is 0 Å². The summed E-state index contributed by atoms with van der Waals surface area (Å²) in [6, 6.07) is 9.86. The molecule has 0 saturated heterocycles. The average Bonchev–Trinajstić information content (AvgIpc) is 2.97. The number of benzene rings is 1. The van der Waals surface area contributed by atoms with E-state index >= 15 is 0 Å². The normalized spacial score (nSPS) is 10.6. The standard InChI is InChI=1S/C14H12ClN5O/c1-2-11-12(15)16-8-17-13(11)21-14-18-9-20(19-14)10-6-4-3-5-7-10/h3-9H,2H2,1H3. The van der Waals surface area contributed by atoms with Crippen LogP contribution in [0.5, 0.6) is 11.9 Å². The summed E-state index contributed by atoms with van der Waals surface area (Å²) < 4.78 is 7.23. The third kappa shape index (κ3) is 2.85. The lowest BCUT2D eigenvalue weighted by molar-refractivity contribution is 0.418. The van der Waals surface area contributed by atoms with Gasteiger partial charge < -0.3 is 4.74 Å². The zero-order valence-electron chi connectivity index (χ0n) is 11.3. The Morgan fingerprint density at radius 3 is 2.71 bits per heavy atom. The molecule has 0 spiro atoms. The van der Waals surface area contributed by atoms with Crippen molar-refractivity contribution in [1.29, 1.82) is 0 Å². The van der Waals surface area contributed by atoms with Crippen LogP contribution in [0.1, 0.15) is 12.5 Å². The minimum absolute atomic E-state index is 0.211. The molecule has 21 heavy (non-hydrogen) atoms. The summed E-state index contributed by atoms with van der Waals surface area (Å²) in [4.78, 5) is 12.1. The molecule has 106 valence electrons. The molecular formula is C14H12ClN5O. The first-order valence-corrected chi connectivity index (χ1v) is 6.80. The summed E-state index contributed by atoms with van der Waals surface area (Å²) in [7, 11) is 0. The first-order chi connectivity index (χ1) is 10.3. The highest BCUT2D eigenvalue weighted by Gasteiger charge is 2.12. The van der Waals surface area contributed by atoms with Crippen molar-refractivity contribution >= 4 is 11.6 Å². The maximum Gasteiger partial charge on any atom is 0.342 e. The predicted octanol–water partition coefficient (Wildman–Crippen LogP) is 3.07. The van der Waals surface area contributed by atoms with Crippen LogP contribution in [-0.2, 0) is 6.42 Å². The quantitative estimate of drug-likeness (QED) is 0.693. The number of ether oxygens (including phenoxy) is 1. The first-order valence-electron chi connectivity index (χ1n) is 6.42. The Bertz CT molecular complexity index is 744. The Hall–Kier alpha value is -2.47. The SMILES string of the molecule is CCc1c(Cl)ncnc1Oc1ncn(-c2ccccc2)n1. The van der Waals surface area contributed by atoms with Crippen LogP contribution in [0.15, 0.2) is 43.0 Å². The Morgan fingerprint density at radius 1 is 1.14 bits per heavy atom. The molecule has 0 unspecified atom stereocenters. The van der Waals surface area contributed by atoms with Crippen molar-refractivity contribution in [2.24, 2.45) is 0 Å². The van der Waals surface area contributed by atoms with Gasteiger partial charge in [-0.2, -0.15) is 4.98 Å². The van der Waals surface area contributed by atoms with Gasteiger partial charge in [-0.1, -0.05) is 36.7 Å². The summed E-state index contributed by atoms with van der Waals surface area (Å²) in [5.41, 5.74) is 1.63. The molecule has 2 heterocycles. The van der Waals surface area contributed by atoms with Crippen LogP contribution in [0.4, 0.5) is 0 Å². The van der Waals surface area contributed by atoms with E-state index in [0.29, 0.717) is 17.5 Å². The Kier molecular flexibility index (Phi) is 3.79. The molecular weight excluding hydrogens is 290 g/mol. The van der Waals surface area contributed by atoms with Crippen LogP contribution in [0.25, 0.3) is 5.69 Å². The summed E-state index contributed by atoms with van der Waals surface area (Å²) in [6.07, 6.45) is 3.60. The lowest BCUT2D eigenvalue weighted by Gasteiger charge is -2.06. The molecule has 7 heteroatoms. The predicted molar refractivity (Wildman–Crippen MR) is 77.9 cm³/mol. The van der Waals surface area contributed by atoms with Gasteiger partial charge in [-0.15, -0.1) is 5.10 Å². The van der Waals surface area contributed by atoms with E-state index in [-0.39, 0.29) is 6.01 Å². The van der Waals surface area contributed by atoms with E-state index in [2.05, 4.69) is 20.1 Å². The van der Waals surface area contributed by atoms with Crippen molar-refractivity contribution in [1.82, 2.24) is 24.7 Å². The van der Waals surface area contributed by atoms with E-state index in [1.165, 1.54) is 6.33 Å². The lowest BCUT2D eigenvalue weighted by atomic mass is 10.2. The smallest absolute Gasteiger partial charge is 0.342 e. The number of hydrogen-bond donors (Lipinski definition) is 0. The number of hydrogen-bond acceptors (Lipinski definition) is 5.